The molecule has 1 aliphatic heterocycles. The number of nitrogens with zero attached hydrogens (tertiary/aromatic N) is 2. The van der Waals surface area contributed by atoms with Gasteiger partial charge in [0, 0.05) is 19.6 Å². The zero-order chi connectivity index (χ0) is 10.8. The average Bonchev–Trinajstić information content (AvgIpc) is 2.42. The lowest BCUT2D eigenvalue weighted by Crippen LogP contribution is -2.48. The van der Waals surface area contributed by atoms with Crippen molar-refractivity contribution in [2.24, 2.45) is 0 Å². The standard InChI is InChI=1S/C10H16ClN3O/c1-3-14-9(10(11)7(2)13-14)6-15-8-4-12-5-8/h8,12H,3-6H2,1-2H3. The molecule has 0 radical (unpaired) electrons. The third-order valence-electron chi connectivity index (χ3n) is 2.65. The molecule has 4 nitrogen and oxygen atoms in total. The van der Waals surface area contributed by atoms with Crippen molar-refractivity contribution in [1.82, 2.24) is 15.1 Å². The minimum absolute atomic E-state index is 0.335. The summed E-state index contributed by atoms with van der Waals surface area (Å²) in [5.41, 5.74) is 1.87. The maximum absolute atomic E-state index is 6.16. The Morgan fingerprint density at radius 1 is 1.60 bits per heavy atom. The Hall–Kier alpha value is -0.580. The highest BCUT2D eigenvalue weighted by Gasteiger charge is 2.19. The number of hydrogen-bond acceptors (Lipinski definition) is 3. The molecule has 84 valence electrons. The van der Waals surface area contributed by atoms with Crippen LogP contribution in [0.2, 0.25) is 5.02 Å². The van der Waals surface area contributed by atoms with E-state index in [0.29, 0.717) is 12.7 Å². The van der Waals surface area contributed by atoms with Crippen LogP contribution in [0.15, 0.2) is 0 Å². The predicted octanol–water partition coefficient (Wildman–Crippen LogP) is 1.35. The summed E-state index contributed by atoms with van der Waals surface area (Å²) in [5.74, 6) is 0. The molecule has 0 aromatic carbocycles. The van der Waals surface area contributed by atoms with Crippen molar-refractivity contribution in [3.63, 3.8) is 0 Å². The molecule has 0 bridgehead atoms. The van der Waals surface area contributed by atoms with Gasteiger partial charge in [0.15, 0.2) is 0 Å². The maximum atomic E-state index is 6.16. The van der Waals surface area contributed by atoms with Gasteiger partial charge in [0.05, 0.1) is 29.1 Å². The summed E-state index contributed by atoms with van der Waals surface area (Å²) in [6.45, 7) is 7.24. The molecule has 0 atom stereocenters. The highest BCUT2D eigenvalue weighted by molar-refractivity contribution is 6.31. The molecule has 5 heteroatoms. The van der Waals surface area contributed by atoms with Crippen LogP contribution < -0.4 is 5.32 Å². The second-order valence-corrected chi connectivity index (χ2v) is 4.13. The molecule has 15 heavy (non-hydrogen) atoms. The largest absolute Gasteiger partial charge is 0.369 e. The molecule has 1 saturated heterocycles. The van der Waals surface area contributed by atoms with Gasteiger partial charge >= 0.3 is 0 Å². The summed E-state index contributed by atoms with van der Waals surface area (Å²) in [7, 11) is 0. The molecule has 0 amide bonds. The first-order chi connectivity index (χ1) is 7.22. The second kappa shape index (κ2) is 4.51. The van der Waals surface area contributed by atoms with E-state index in [4.69, 9.17) is 16.3 Å². The van der Waals surface area contributed by atoms with Crippen molar-refractivity contribution < 1.29 is 4.74 Å². The molecular weight excluding hydrogens is 214 g/mol. The van der Waals surface area contributed by atoms with Crippen LogP contribution in [0.25, 0.3) is 0 Å². The van der Waals surface area contributed by atoms with Crippen LogP contribution >= 0.6 is 11.6 Å². The first-order valence-electron chi connectivity index (χ1n) is 5.26. The normalized spacial score (nSPS) is 16.7. The maximum Gasteiger partial charge on any atom is 0.0905 e. The van der Waals surface area contributed by atoms with Crippen molar-refractivity contribution >= 4 is 11.6 Å². The highest BCUT2D eigenvalue weighted by atomic mass is 35.5. The average molecular weight is 230 g/mol. The Labute approximate surface area is 94.6 Å². The molecule has 2 heterocycles. The van der Waals surface area contributed by atoms with E-state index in [-0.39, 0.29) is 0 Å². The summed E-state index contributed by atoms with van der Waals surface area (Å²) < 4.78 is 7.60. The fraction of sp³-hybridized carbons (Fsp3) is 0.700. The molecule has 2 rings (SSSR count). The summed E-state index contributed by atoms with van der Waals surface area (Å²) in [6, 6.07) is 0. The molecule has 1 aliphatic rings. The van der Waals surface area contributed by atoms with Crippen LogP contribution in [-0.4, -0.2) is 29.0 Å². The summed E-state index contributed by atoms with van der Waals surface area (Å²) in [4.78, 5) is 0. The number of rotatable bonds is 4. The third kappa shape index (κ3) is 2.17. The molecule has 1 aromatic rings. The fourth-order valence-corrected chi connectivity index (χ4v) is 1.77. The van der Waals surface area contributed by atoms with E-state index in [1.54, 1.807) is 0 Å². The van der Waals surface area contributed by atoms with E-state index in [9.17, 15) is 0 Å². The first-order valence-corrected chi connectivity index (χ1v) is 5.64. The topological polar surface area (TPSA) is 39.1 Å². The van der Waals surface area contributed by atoms with Gasteiger partial charge in [-0.05, 0) is 13.8 Å². The Balaban J connectivity index is 2.04. The Morgan fingerprint density at radius 2 is 2.33 bits per heavy atom. The number of halogens is 1. The van der Waals surface area contributed by atoms with Crippen LogP contribution in [0.4, 0.5) is 0 Å². The van der Waals surface area contributed by atoms with Crippen molar-refractivity contribution in [1.29, 1.82) is 0 Å². The van der Waals surface area contributed by atoms with Gasteiger partial charge in [-0.3, -0.25) is 4.68 Å². The van der Waals surface area contributed by atoms with Crippen LogP contribution in [0.3, 0.4) is 0 Å². The van der Waals surface area contributed by atoms with Crippen molar-refractivity contribution in [3.8, 4) is 0 Å². The number of aromatic nitrogens is 2. The van der Waals surface area contributed by atoms with Gasteiger partial charge in [0.2, 0.25) is 0 Å². The Kier molecular flexibility index (Phi) is 3.29. The molecule has 1 N–H and O–H groups in total. The monoisotopic (exact) mass is 229 g/mol. The smallest absolute Gasteiger partial charge is 0.0905 e. The molecule has 0 saturated carbocycles. The van der Waals surface area contributed by atoms with Gasteiger partial charge in [-0.15, -0.1) is 0 Å². The van der Waals surface area contributed by atoms with Crippen LogP contribution in [0, 0.1) is 6.92 Å². The van der Waals surface area contributed by atoms with Crippen LogP contribution in [0.5, 0.6) is 0 Å². The van der Waals surface area contributed by atoms with Crippen LogP contribution in [-0.2, 0) is 17.9 Å². The Bertz CT molecular complexity index is 347. The van der Waals surface area contributed by atoms with E-state index in [1.165, 1.54) is 0 Å². The van der Waals surface area contributed by atoms with Gasteiger partial charge in [0.1, 0.15) is 0 Å². The first kappa shape index (κ1) is 10.9. The number of nitrogens with one attached hydrogen (secondary N) is 1. The highest BCUT2D eigenvalue weighted by Crippen LogP contribution is 2.21. The summed E-state index contributed by atoms with van der Waals surface area (Å²) in [5, 5.41) is 8.24. The molecular formula is C10H16ClN3O. The van der Waals surface area contributed by atoms with E-state index in [1.807, 2.05) is 11.6 Å². The van der Waals surface area contributed by atoms with Gasteiger partial charge in [-0.25, -0.2) is 0 Å². The minimum Gasteiger partial charge on any atom is -0.369 e. The number of ether oxygens (including phenoxy) is 1. The summed E-state index contributed by atoms with van der Waals surface area (Å²) in [6.07, 6.45) is 0.335. The quantitative estimate of drug-likeness (QED) is 0.847. The van der Waals surface area contributed by atoms with Gasteiger partial charge in [0.25, 0.3) is 0 Å². The molecule has 1 aromatic heterocycles. The second-order valence-electron chi connectivity index (χ2n) is 3.75. The van der Waals surface area contributed by atoms with Crippen molar-refractivity contribution in [2.75, 3.05) is 13.1 Å². The van der Waals surface area contributed by atoms with Crippen LogP contribution in [0.1, 0.15) is 18.3 Å². The lowest BCUT2D eigenvalue weighted by atomic mass is 10.2. The van der Waals surface area contributed by atoms with E-state index in [0.717, 1.165) is 36.0 Å². The third-order valence-corrected chi connectivity index (χ3v) is 3.14. The van der Waals surface area contributed by atoms with E-state index in [2.05, 4.69) is 17.3 Å². The molecule has 0 spiro atoms. The SMILES string of the molecule is CCn1nc(C)c(Cl)c1COC1CNC1. The van der Waals surface area contributed by atoms with E-state index < -0.39 is 0 Å². The minimum atomic E-state index is 0.335. The fourth-order valence-electron chi connectivity index (χ4n) is 1.58. The summed E-state index contributed by atoms with van der Waals surface area (Å²) >= 11 is 6.16. The lowest BCUT2D eigenvalue weighted by molar-refractivity contribution is 0.00451. The van der Waals surface area contributed by atoms with Gasteiger partial charge in [-0.1, -0.05) is 11.6 Å². The van der Waals surface area contributed by atoms with Crippen molar-refractivity contribution in [3.05, 3.63) is 16.4 Å². The van der Waals surface area contributed by atoms with Gasteiger partial charge < -0.3 is 10.1 Å². The number of hydrogen-bond donors (Lipinski definition) is 1. The molecule has 0 aliphatic carbocycles. The lowest BCUT2D eigenvalue weighted by Gasteiger charge is -2.27. The predicted molar refractivity (Wildman–Crippen MR) is 59.1 cm³/mol. The number of aryl methyl sites for hydroxylation is 2. The zero-order valence-electron chi connectivity index (χ0n) is 9.09. The zero-order valence-corrected chi connectivity index (χ0v) is 9.84. The Morgan fingerprint density at radius 3 is 2.87 bits per heavy atom. The van der Waals surface area contributed by atoms with Gasteiger partial charge in [-0.2, -0.15) is 5.10 Å². The molecule has 1 fully saturated rings. The van der Waals surface area contributed by atoms with E-state index >= 15 is 0 Å². The molecule has 0 unspecified atom stereocenters. The van der Waals surface area contributed by atoms with Crippen molar-refractivity contribution in [2.45, 2.75) is 33.1 Å².